The van der Waals surface area contributed by atoms with Crippen LogP contribution in [0.3, 0.4) is 0 Å². The van der Waals surface area contributed by atoms with Gasteiger partial charge in [-0.05, 0) is 50.6 Å². The Morgan fingerprint density at radius 1 is 1.00 bits per heavy atom. The van der Waals surface area contributed by atoms with Crippen molar-refractivity contribution in [3.05, 3.63) is 77.2 Å². The average molecular weight is 386 g/mol. The molecular weight excluding hydrogens is 360 g/mol. The molecule has 1 aromatic carbocycles. The van der Waals surface area contributed by atoms with Crippen molar-refractivity contribution in [3.8, 4) is 11.1 Å². The van der Waals surface area contributed by atoms with Gasteiger partial charge in [-0.3, -0.25) is 9.78 Å². The van der Waals surface area contributed by atoms with E-state index in [1.807, 2.05) is 43.5 Å². The predicted octanol–water partition coefficient (Wildman–Crippen LogP) is 3.79. The molecule has 3 heterocycles. The monoisotopic (exact) mass is 386 g/mol. The third-order valence-corrected chi connectivity index (χ3v) is 5.31. The molecule has 0 spiro atoms. The molecule has 1 aliphatic rings. The number of carbonyl (C=O) groups excluding carboxylic acids is 1. The molecule has 0 amide bonds. The first-order valence-corrected chi connectivity index (χ1v) is 10.1. The van der Waals surface area contributed by atoms with Crippen LogP contribution in [0.1, 0.15) is 33.7 Å². The van der Waals surface area contributed by atoms with E-state index < -0.39 is 0 Å². The Labute approximate surface area is 171 Å². The molecule has 0 bridgehead atoms. The van der Waals surface area contributed by atoms with Crippen molar-refractivity contribution in [3.63, 3.8) is 0 Å². The normalized spacial score (nSPS) is 14.5. The molecule has 5 nitrogen and oxygen atoms in total. The van der Waals surface area contributed by atoms with Gasteiger partial charge in [0.2, 0.25) is 5.78 Å². The fourth-order valence-electron chi connectivity index (χ4n) is 3.68. The van der Waals surface area contributed by atoms with Gasteiger partial charge in [0.25, 0.3) is 0 Å². The minimum Gasteiger partial charge on any atom is -0.355 e. The highest BCUT2D eigenvalue weighted by Crippen LogP contribution is 2.24. The van der Waals surface area contributed by atoms with Gasteiger partial charge in [0.15, 0.2) is 0 Å². The summed E-state index contributed by atoms with van der Waals surface area (Å²) in [5.74, 6) is 0.777. The van der Waals surface area contributed by atoms with Crippen LogP contribution in [-0.2, 0) is 0 Å². The minimum absolute atomic E-state index is 0.0840. The summed E-state index contributed by atoms with van der Waals surface area (Å²) in [4.78, 5) is 24.7. The summed E-state index contributed by atoms with van der Waals surface area (Å²) < 4.78 is 0. The SMILES string of the molecule is Cc1cccc(-c2cnc(C)c(C(=O)c3cccc(N4CCCNCC4)n3)c2)c1. The molecule has 0 unspecified atom stereocenters. The van der Waals surface area contributed by atoms with Crippen LogP contribution in [0, 0.1) is 13.8 Å². The lowest BCUT2D eigenvalue weighted by Crippen LogP contribution is -2.29. The number of nitrogens with one attached hydrogen (secondary N) is 1. The van der Waals surface area contributed by atoms with Crippen LogP contribution in [0.15, 0.2) is 54.7 Å². The zero-order valence-corrected chi connectivity index (χ0v) is 17.0. The molecule has 5 heteroatoms. The summed E-state index contributed by atoms with van der Waals surface area (Å²) in [6, 6.07) is 15.9. The summed E-state index contributed by atoms with van der Waals surface area (Å²) in [6.45, 7) is 7.73. The Kier molecular flexibility index (Phi) is 5.67. The first-order chi connectivity index (χ1) is 14.1. The van der Waals surface area contributed by atoms with Gasteiger partial charge in [-0.15, -0.1) is 0 Å². The zero-order valence-electron chi connectivity index (χ0n) is 17.0. The Morgan fingerprint density at radius 3 is 2.72 bits per heavy atom. The fraction of sp³-hybridized carbons (Fsp3) is 0.292. The Balaban J connectivity index is 1.66. The lowest BCUT2D eigenvalue weighted by atomic mass is 9.99. The highest BCUT2D eigenvalue weighted by Gasteiger charge is 2.18. The van der Waals surface area contributed by atoms with E-state index in [0.29, 0.717) is 11.3 Å². The number of aryl methyl sites for hydroxylation is 2. The first kappa shape index (κ1) is 19.3. The van der Waals surface area contributed by atoms with Crippen molar-refractivity contribution >= 4 is 11.6 Å². The van der Waals surface area contributed by atoms with Gasteiger partial charge in [0.1, 0.15) is 11.5 Å². The summed E-state index contributed by atoms with van der Waals surface area (Å²) in [5.41, 5.74) is 4.97. The van der Waals surface area contributed by atoms with Gasteiger partial charge in [0, 0.05) is 42.7 Å². The molecule has 148 valence electrons. The molecule has 3 aromatic rings. The standard InChI is InChI=1S/C24H26N4O/c1-17-6-3-7-19(14-17)20-15-21(18(2)26-16-20)24(29)22-8-4-9-23(27-22)28-12-5-10-25-11-13-28/h3-4,6-9,14-16,25H,5,10-13H2,1-2H3. The molecule has 0 atom stereocenters. The van der Waals surface area contributed by atoms with E-state index >= 15 is 0 Å². The largest absolute Gasteiger partial charge is 0.355 e. The topological polar surface area (TPSA) is 58.1 Å². The average Bonchev–Trinajstić information content (AvgIpc) is 3.03. The number of nitrogens with zero attached hydrogens (tertiary/aromatic N) is 3. The molecule has 4 rings (SSSR count). The third-order valence-electron chi connectivity index (χ3n) is 5.31. The molecule has 29 heavy (non-hydrogen) atoms. The summed E-state index contributed by atoms with van der Waals surface area (Å²) in [6.07, 6.45) is 2.90. The molecule has 1 fully saturated rings. The van der Waals surface area contributed by atoms with E-state index in [1.165, 1.54) is 5.56 Å². The van der Waals surface area contributed by atoms with E-state index in [0.717, 1.165) is 55.2 Å². The molecule has 1 aliphatic heterocycles. The van der Waals surface area contributed by atoms with Gasteiger partial charge >= 0.3 is 0 Å². The Morgan fingerprint density at radius 2 is 1.86 bits per heavy atom. The summed E-state index contributed by atoms with van der Waals surface area (Å²) in [7, 11) is 0. The van der Waals surface area contributed by atoms with Crippen molar-refractivity contribution in [1.82, 2.24) is 15.3 Å². The van der Waals surface area contributed by atoms with Gasteiger partial charge in [-0.25, -0.2) is 4.98 Å². The Bertz CT molecular complexity index is 1020. The fourth-order valence-corrected chi connectivity index (χ4v) is 3.68. The maximum atomic E-state index is 13.3. The van der Waals surface area contributed by atoms with E-state index in [9.17, 15) is 4.79 Å². The second-order valence-corrected chi connectivity index (χ2v) is 7.53. The second kappa shape index (κ2) is 8.53. The van der Waals surface area contributed by atoms with Crippen LogP contribution >= 0.6 is 0 Å². The van der Waals surface area contributed by atoms with Crippen molar-refractivity contribution in [2.45, 2.75) is 20.3 Å². The molecule has 2 aromatic heterocycles. The number of hydrogen-bond acceptors (Lipinski definition) is 5. The summed E-state index contributed by atoms with van der Waals surface area (Å²) in [5, 5.41) is 3.40. The van der Waals surface area contributed by atoms with Crippen LogP contribution in [-0.4, -0.2) is 41.9 Å². The smallest absolute Gasteiger partial charge is 0.213 e. The van der Waals surface area contributed by atoms with Crippen LogP contribution in [0.25, 0.3) is 11.1 Å². The zero-order chi connectivity index (χ0) is 20.2. The lowest BCUT2D eigenvalue weighted by molar-refractivity contribution is 0.103. The van der Waals surface area contributed by atoms with Gasteiger partial charge in [0.05, 0.1) is 0 Å². The molecule has 1 N–H and O–H groups in total. The maximum absolute atomic E-state index is 13.3. The van der Waals surface area contributed by atoms with Gasteiger partial charge < -0.3 is 10.2 Å². The highest BCUT2D eigenvalue weighted by atomic mass is 16.1. The number of ketones is 1. The van der Waals surface area contributed by atoms with Crippen molar-refractivity contribution in [2.24, 2.45) is 0 Å². The van der Waals surface area contributed by atoms with E-state index in [4.69, 9.17) is 4.98 Å². The van der Waals surface area contributed by atoms with Crippen molar-refractivity contribution in [1.29, 1.82) is 0 Å². The quantitative estimate of drug-likeness (QED) is 0.692. The predicted molar refractivity (Wildman–Crippen MR) is 117 cm³/mol. The number of aromatic nitrogens is 2. The molecule has 0 radical (unpaired) electrons. The van der Waals surface area contributed by atoms with Gasteiger partial charge in [-0.2, -0.15) is 0 Å². The van der Waals surface area contributed by atoms with Crippen LogP contribution in [0.4, 0.5) is 5.82 Å². The van der Waals surface area contributed by atoms with E-state index in [2.05, 4.69) is 34.3 Å². The maximum Gasteiger partial charge on any atom is 0.213 e. The lowest BCUT2D eigenvalue weighted by Gasteiger charge is -2.21. The molecular formula is C24H26N4O. The highest BCUT2D eigenvalue weighted by molar-refractivity contribution is 6.09. The molecule has 0 saturated carbocycles. The third kappa shape index (κ3) is 4.35. The van der Waals surface area contributed by atoms with E-state index in [1.54, 1.807) is 6.07 Å². The number of hydrogen-bond donors (Lipinski definition) is 1. The van der Waals surface area contributed by atoms with E-state index in [-0.39, 0.29) is 5.78 Å². The van der Waals surface area contributed by atoms with Crippen LogP contribution < -0.4 is 10.2 Å². The van der Waals surface area contributed by atoms with Gasteiger partial charge in [-0.1, -0.05) is 35.9 Å². The second-order valence-electron chi connectivity index (χ2n) is 7.53. The summed E-state index contributed by atoms with van der Waals surface area (Å²) >= 11 is 0. The number of anilines is 1. The minimum atomic E-state index is -0.0840. The molecule has 0 aliphatic carbocycles. The molecule has 1 saturated heterocycles. The van der Waals surface area contributed by atoms with Crippen LogP contribution in [0.5, 0.6) is 0 Å². The number of carbonyl (C=O) groups is 1. The van der Waals surface area contributed by atoms with Crippen molar-refractivity contribution in [2.75, 3.05) is 31.1 Å². The number of benzene rings is 1. The van der Waals surface area contributed by atoms with Crippen LogP contribution in [0.2, 0.25) is 0 Å². The van der Waals surface area contributed by atoms with Crippen molar-refractivity contribution < 1.29 is 4.79 Å². The number of rotatable bonds is 4. The first-order valence-electron chi connectivity index (χ1n) is 10.1. The Hall–Kier alpha value is -3.05. The number of pyridine rings is 2.